The van der Waals surface area contributed by atoms with Gasteiger partial charge in [-0.15, -0.1) is 0 Å². The Kier molecular flexibility index (Phi) is 5.21. The predicted octanol–water partition coefficient (Wildman–Crippen LogP) is 0.625. The molecule has 0 radical (unpaired) electrons. The van der Waals surface area contributed by atoms with Gasteiger partial charge < -0.3 is 20.2 Å². The summed E-state index contributed by atoms with van der Waals surface area (Å²) in [6, 6.07) is 0. The molecule has 0 aromatic rings. The van der Waals surface area contributed by atoms with Crippen molar-refractivity contribution < 1.29 is 25.0 Å². The molecule has 6 nitrogen and oxygen atoms in total. The van der Waals surface area contributed by atoms with E-state index >= 15 is 0 Å². The zero-order chi connectivity index (χ0) is 15.4. The Labute approximate surface area is 123 Å². The molecule has 3 N–H and O–H groups in total. The molecule has 0 heterocycles. The smallest absolute Gasteiger partial charge is 0.344 e. The van der Waals surface area contributed by atoms with Crippen molar-refractivity contribution in [3.63, 3.8) is 0 Å². The fourth-order valence-corrected chi connectivity index (χ4v) is 2.97. The van der Waals surface area contributed by atoms with Crippen molar-refractivity contribution in [2.45, 2.75) is 44.8 Å². The van der Waals surface area contributed by atoms with Crippen molar-refractivity contribution in [3.8, 4) is 11.8 Å². The highest BCUT2D eigenvalue weighted by atomic mass is 16.6. The summed E-state index contributed by atoms with van der Waals surface area (Å²) in [5.41, 5.74) is 0.804. The van der Waals surface area contributed by atoms with Crippen LogP contribution in [0.1, 0.15) is 32.6 Å². The number of aliphatic hydroxyl groups excluding tert-OH is 2. The van der Waals surface area contributed by atoms with Crippen LogP contribution in [0.25, 0.3) is 0 Å². The van der Waals surface area contributed by atoms with Crippen LogP contribution in [0, 0.1) is 29.6 Å². The molecule has 6 heteroatoms. The maximum atomic E-state index is 10.3. The van der Waals surface area contributed by atoms with E-state index in [0.717, 1.165) is 12.1 Å². The lowest BCUT2D eigenvalue weighted by atomic mass is 9.73. The normalized spacial score (nSPS) is 33.6. The van der Waals surface area contributed by atoms with Crippen LogP contribution in [0.15, 0.2) is 5.16 Å². The third kappa shape index (κ3) is 3.74. The Morgan fingerprint density at radius 2 is 2.33 bits per heavy atom. The molecule has 2 fully saturated rings. The second kappa shape index (κ2) is 6.92. The number of fused-ring (bicyclic) bond motifs is 1. The number of aliphatic carboxylic acids is 1. The van der Waals surface area contributed by atoms with Gasteiger partial charge in [-0.1, -0.05) is 30.3 Å². The number of nitrogens with zero attached hydrogens (tertiary/aromatic N) is 1. The summed E-state index contributed by atoms with van der Waals surface area (Å²) < 4.78 is 0. The lowest BCUT2D eigenvalue weighted by Crippen LogP contribution is -2.38. The quantitative estimate of drug-likeness (QED) is 0.510. The number of carbonyl (C=O) groups is 1. The highest BCUT2D eigenvalue weighted by Crippen LogP contribution is 2.47. The van der Waals surface area contributed by atoms with E-state index in [1.54, 1.807) is 0 Å². The molecule has 0 saturated heterocycles. The Balaban J connectivity index is 1.88. The summed E-state index contributed by atoms with van der Waals surface area (Å²) in [6.45, 7) is 1.53. The molecule has 0 aromatic heterocycles. The molecule has 0 amide bonds. The molecule has 116 valence electrons. The van der Waals surface area contributed by atoms with Gasteiger partial charge in [-0.3, -0.25) is 0 Å². The van der Waals surface area contributed by atoms with E-state index in [2.05, 4.69) is 17.0 Å². The minimum atomic E-state index is -1.06. The van der Waals surface area contributed by atoms with E-state index in [1.165, 1.54) is 0 Å². The van der Waals surface area contributed by atoms with Gasteiger partial charge in [-0.25, -0.2) is 4.79 Å². The molecule has 2 rings (SSSR count). The van der Waals surface area contributed by atoms with E-state index in [1.807, 2.05) is 6.92 Å². The van der Waals surface area contributed by atoms with E-state index in [-0.39, 0.29) is 17.8 Å². The van der Waals surface area contributed by atoms with Crippen LogP contribution in [0.2, 0.25) is 0 Å². The van der Waals surface area contributed by atoms with Gasteiger partial charge in [0, 0.05) is 11.8 Å². The molecule has 0 aliphatic heterocycles. The van der Waals surface area contributed by atoms with Crippen molar-refractivity contribution in [1.82, 2.24) is 0 Å². The van der Waals surface area contributed by atoms with E-state index in [9.17, 15) is 15.0 Å². The van der Waals surface area contributed by atoms with Gasteiger partial charge in [0.25, 0.3) is 0 Å². The van der Waals surface area contributed by atoms with Crippen LogP contribution in [-0.4, -0.2) is 45.8 Å². The number of carboxylic acids is 1. The van der Waals surface area contributed by atoms with Gasteiger partial charge >= 0.3 is 5.97 Å². The Hall–Kier alpha value is -1.58. The molecule has 21 heavy (non-hydrogen) atoms. The molecule has 0 aromatic carbocycles. The molecule has 5 unspecified atom stereocenters. The third-order valence-electron chi connectivity index (χ3n) is 4.12. The van der Waals surface area contributed by atoms with Gasteiger partial charge in [0.2, 0.25) is 6.61 Å². The summed E-state index contributed by atoms with van der Waals surface area (Å²) >= 11 is 0. The Morgan fingerprint density at radius 3 is 3.00 bits per heavy atom. The monoisotopic (exact) mass is 295 g/mol. The van der Waals surface area contributed by atoms with Crippen molar-refractivity contribution in [1.29, 1.82) is 0 Å². The molecule has 5 atom stereocenters. The molecular formula is C15H21NO5. The molecule has 2 aliphatic rings. The lowest BCUT2D eigenvalue weighted by molar-refractivity contribution is -0.142. The first-order valence-corrected chi connectivity index (χ1v) is 7.30. The molecule has 2 saturated carbocycles. The Bertz CT molecular complexity index is 478. The van der Waals surface area contributed by atoms with Crippen LogP contribution in [-0.2, 0) is 9.63 Å². The fourth-order valence-electron chi connectivity index (χ4n) is 2.97. The van der Waals surface area contributed by atoms with E-state index in [0.29, 0.717) is 19.3 Å². The third-order valence-corrected chi connectivity index (χ3v) is 4.12. The number of aliphatic hydroxyl groups is 2. The molecule has 0 bridgehead atoms. The summed E-state index contributed by atoms with van der Waals surface area (Å²) in [7, 11) is 0. The van der Waals surface area contributed by atoms with Crippen LogP contribution < -0.4 is 0 Å². The average molecular weight is 295 g/mol. The number of rotatable bonds is 5. The number of hydrogen-bond acceptors (Lipinski definition) is 5. The maximum absolute atomic E-state index is 10.3. The van der Waals surface area contributed by atoms with Gasteiger partial charge in [0.15, 0.2) is 0 Å². The van der Waals surface area contributed by atoms with Gasteiger partial charge in [-0.05, 0) is 25.2 Å². The van der Waals surface area contributed by atoms with Gasteiger partial charge in [-0.2, -0.15) is 0 Å². The second-order valence-corrected chi connectivity index (χ2v) is 5.65. The minimum absolute atomic E-state index is 0.122. The predicted molar refractivity (Wildman–Crippen MR) is 75.4 cm³/mol. The van der Waals surface area contributed by atoms with E-state index < -0.39 is 24.8 Å². The summed E-state index contributed by atoms with van der Waals surface area (Å²) in [5.74, 6) is 4.80. The number of hydrogen-bond donors (Lipinski definition) is 3. The highest BCUT2D eigenvalue weighted by molar-refractivity contribution is 5.93. The van der Waals surface area contributed by atoms with Gasteiger partial charge in [0.05, 0.1) is 11.8 Å². The average Bonchev–Trinajstić information content (AvgIpc) is 2.64. The minimum Gasteiger partial charge on any atom is -0.479 e. The summed E-state index contributed by atoms with van der Waals surface area (Å²) in [4.78, 5) is 15.1. The Morgan fingerprint density at radius 1 is 1.57 bits per heavy atom. The number of oxime groups is 1. The zero-order valence-corrected chi connectivity index (χ0v) is 12.0. The fraction of sp³-hybridized carbons (Fsp3) is 0.733. The van der Waals surface area contributed by atoms with Crippen molar-refractivity contribution >= 4 is 11.7 Å². The van der Waals surface area contributed by atoms with Crippen molar-refractivity contribution in [3.05, 3.63) is 0 Å². The van der Waals surface area contributed by atoms with Crippen molar-refractivity contribution in [2.75, 3.05) is 6.61 Å². The lowest BCUT2D eigenvalue weighted by Gasteiger charge is -2.33. The first-order chi connectivity index (χ1) is 10.0. The first-order valence-electron chi connectivity index (χ1n) is 7.30. The molecular weight excluding hydrogens is 274 g/mol. The van der Waals surface area contributed by atoms with Crippen LogP contribution >= 0.6 is 0 Å². The summed E-state index contributed by atoms with van der Waals surface area (Å²) in [6.07, 6.45) is 1.68. The van der Waals surface area contributed by atoms with Crippen molar-refractivity contribution in [2.24, 2.45) is 22.9 Å². The standard InChI is InChI=1S/C15H21NO5/c1-2-3-10(17)5-4-9-6-11-12(15(9)20)7-13(11)16-21-8-14(18)19/h9-12,15,17,20H,2-3,6-8H2,1H3,(H,18,19). The van der Waals surface area contributed by atoms with E-state index in [4.69, 9.17) is 9.94 Å². The zero-order valence-electron chi connectivity index (χ0n) is 12.0. The highest BCUT2D eigenvalue weighted by Gasteiger charge is 2.51. The molecule has 2 aliphatic carbocycles. The molecule has 0 spiro atoms. The largest absolute Gasteiger partial charge is 0.479 e. The topological polar surface area (TPSA) is 99.4 Å². The summed E-state index contributed by atoms with van der Waals surface area (Å²) in [5, 5.41) is 32.1. The SMILES string of the molecule is CCCC(O)C#CC1CC2C(=NOCC(=O)O)CC2C1O. The first kappa shape index (κ1) is 15.8. The van der Waals surface area contributed by atoms with Crippen LogP contribution in [0.3, 0.4) is 0 Å². The van der Waals surface area contributed by atoms with Gasteiger partial charge in [0.1, 0.15) is 6.10 Å². The number of carboxylic acid groups (broad SMARTS) is 1. The van der Waals surface area contributed by atoms with Crippen LogP contribution in [0.4, 0.5) is 0 Å². The maximum Gasteiger partial charge on any atom is 0.344 e. The van der Waals surface area contributed by atoms with Crippen LogP contribution in [0.5, 0.6) is 0 Å². The second-order valence-electron chi connectivity index (χ2n) is 5.65.